The van der Waals surface area contributed by atoms with Gasteiger partial charge in [-0.3, -0.25) is 4.79 Å². The highest BCUT2D eigenvalue weighted by Crippen LogP contribution is 2.31. The molecule has 0 unspecified atom stereocenters. The Labute approximate surface area is 108 Å². The number of rotatable bonds is 2. The molecule has 1 heterocycles. The molecule has 1 aromatic rings. The highest BCUT2D eigenvalue weighted by atomic mass is 32.1. The first kappa shape index (κ1) is 11.2. The van der Waals surface area contributed by atoms with E-state index < -0.39 is 0 Å². The fourth-order valence-electron chi connectivity index (χ4n) is 1.84. The summed E-state index contributed by atoms with van der Waals surface area (Å²) in [6.07, 6.45) is 0. The van der Waals surface area contributed by atoms with Crippen molar-refractivity contribution in [3.63, 3.8) is 0 Å². The van der Waals surface area contributed by atoms with E-state index in [2.05, 4.69) is 4.98 Å². The Kier molecular flexibility index (Phi) is 2.72. The maximum atomic E-state index is 11.3. The smallest absolute Gasteiger partial charge is 0.180 e. The maximum absolute atomic E-state index is 11.3. The summed E-state index contributed by atoms with van der Waals surface area (Å²) < 4.78 is 6.49. The van der Waals surface area contributed by atoms with Gasteiger partial charge in [0.1, 0.15) is 5.75 Å². The Balaban J connectivity index is 2.26. The minimum absolute atomic E-state index is 0.0147. The monoisotopic (exact) mass is 257 g/mol. The molecule has 0 fully saturated rings. The summed E-state index contributed by atoms with van der Waals surface area (Å²) in [6.45, 7) is 2.60. The second-order valence-corrected chi connectivity index (χ2v) is 4.99. The average molecular weight is 257 g/mol. The molecule has 90 valence electrons. The van der Waals surface area contributed by atoms with Gasteiger partial charge in [-0.2, -0.15) is 0 Å². The molecule has 0 saturated heterocycles. The third-order valence-corrected chi connectivity index (χ3v) is 3.73. The summed E-state index contributed by atoms with van der Waals surface area (Å²) in [5, 5.41) is 0. The molecule has 0 saturated carbocycles. The third-order valence-electron chi connectivity index (χ3n) is 2.63. The van der Waals surface area contributed by atoms with Crippen molar-refractivity contribution in [1.29, 1.82) is 0 Å². The molecular weight excluding hydrogens is 246 g/mol. The summed E-state index contributed by atoms with van der Waals surface area (Å²) in [5.74, 6) is 0.834. The maximum Gasteiger partial charge on any atom is 0.180 e. The van der Waals surface area contributed by atoms with E-state index in [4.69, 9.17) is 4.74 Å². The summed E-state index contributed by atoms with van der Waals surface area (Å²) in [6, 6.07) is 10.8. The van der Waals surface area contributed by atoms with Gasteiger partial charge in [-0.15, -0.1) is 11.3 Å². The SMILES string of the molecule is CCOc1ccc2nc3ccc(=O)cc-3sc2c1. The quantitative estimate of drug-likeness (QED) is 0.662. The first-order chi connectivity index (χ1) is 8.76. The van der Waals surface area contributed by atoms with Gasteiger partial charge in [0.15, 0.2) is 5.43 Å². The van der Waals surface area contributed by atoms with Crippen molar-refractivity contribution >= 4 is 21.6 Å². The minimum atomic E-state index is 0.0147. The third kappa shape index (κ3) is 1.95. The summed E-state index contributed by atoms with van der Waals surface area (Å²) in [4.78, 5) is 16.8. The van der Waals surface area contributed by atoms with Gasteiger partial charge in [0.25, 0.3) is 0 Å². The molecular formula is C14H11NO2S. The number of nitrogens with zero attached hydrogens (tertiary/aromatic N) is 1. The van der Waals surface area contributed by atoms with E-state index in [0.29, 0.717) is 6.61 Å². The number of ether oxygens (including phenoxy) is 1. The van der Waals surface area contributed by atoms with Crippen molar-refractivity contribution in [2.24, 2.45) is 0 Å². The number of hydrogen-bond acceptors (Lipinski definition) is 4. The molecule has 0 amide bonds. The second kappa shape index (κ2) is 4.38. The average Bonchev–Trinajstić information content (AvgIpc) is 2.36. The van der Waals surface area contributed by atoms with Crippen LogP contribution in [0, 0.1) is 0 Å². The van der Waals surface area contributed by atoms with Crippen LogP contribution in [-0.2, 0) is 0 Å². The topological polar surface area (TPSA) is 39.2 Å². The van der Waals surface area contributed by atoms with Crippen molar-refractivity contribution in [1.82, 2.24) is 4.98 Å². The van der Waals surface area contributed by atoms with Crippen LogP contribution in [0.2, 0.25) is 0 Å². The largest absolute Gasteiger partial charge is 0.494 e. The van der Waals surface area contributed by atoms with Crippen molar-refractivity contribution in [2.45, 2.75) is 6.92 Å². The van der Waals surface area contributed by atoms with Gasteiger partial charge < -0.3 is 4.74 Å². The van der Waals surface area contributed by atoms with Gasteiger partial charge in [-0.05, 0) is 37.3 Å². The zero-order valence-electron chi connectivity index (χ0n) is 9.84. The van der Waals surface area contributed by atoms with E-state index in [1.807, 2.05) is 25.1 Å². The molecule has 1 aromatic carbocycles. The van der Waals surface area contributed by atoms with Gasteiger partial charge in [0.05, 0.1) is 27.4 Å². The van der Waals surface area contributed by atoms with E-state index in [0.717, 1.165) is 26.5 Å². The molecule has 0 spiro atoms. The van der Waals surface area contributed by atoms with Gasteiger partial charge >= 0.3 is 0 Å². The van der Waals surface area contributed by atoms with Crippen LogP contribution in [0.1, 0.15) is 6.92 Å². The van der Waals surface area contributed by atoms with Gasteiger partial charge in [-0.25, -0.2) is 4.98 Å². The number of fused-ring (bicyclic) bond motifs is 2. The molecule has 3 nitrogen and oxygen atoms in total. The molecule has 2 aliphatic rings. The molecule has 0 radical (unpaired) electrons. The van der Waals surface area contributed by atoms with E-state index in [9.17, 15) is 4.79 Å². The zero-order valence-corrected chi connectivity index (χ0v) is 10.7. The van der Waals surface area contributed by atoms with Crippen LogP contribution in [0.25, 0.3) is 20.8 Å². The lowest BCUT2D eigenvalue weighted by Crippen LogP contribution is -1.98. The van der Waals surface area contributed by atoms with Crippen LogP contribution in [-0.4, -0.2) is 11.6 Å². The predicted octanol–water partition coefficient (Wildman–Crippen LogP) is 3.16. The van der Waals surface area contributed by atoms with E-state index in [-0.39, 0.29) is 5.43 Å². The first-order valence-electron chi connectivity index (χ1n) is 5.74. The zero-order chi connectivity index (χ0) is 12.5. The molecule has 3 rings (SSSR count). The van der Waals surface area contributed by atoms with Gasteiger partial charge in [0, 0.05) is 6.07 Å². The summed E-state index contributed by atoms with van der Waals surface area (Å²) >= 11 is 1.56. The molecule has 4 heteroatoms. The van der Waals surface area contributed by atoms with Crippen LogP contribution >= 0.6 is 11.3 Å². The van der Waals surface area contributed by atoms with Crippen LogP contribution in [0.5, 0.6) is 5.75 Å². The molecule has 1 aliphatic carbocycles. The number of aromatic nitrogens is 1. The molecule has 0 atom stereocenters. The highest BCUT2D eigenvalue weighted by molar-refractivity contribution is 7.21. The van der Waals surface area contributed by atoms with Crippen LogP contribution < -0.4 is 10.2 Å². The number of benzene rings is 2. The number of hydrogen-bond donors (Lipinski definition) is 0. The molecule has 1 aliphatic heterocycles. The second-order valence-electron chi connectivity index (χ2n) is 3.91. The summed E-state index contributed by atoms with van der Waals surface area (Å²) in [5.41, 5.74) is 1.80. The molecule has 18 heavy (non-hydrogen) atoms. The van der Waals surface area contributed by atoms with E-state index >= 15 is 0 Å². The van der Waals surface area contributed by atoms with Gasteiger partial charge in [0.2, 0.25) is 0 Å². The normalized spacial score (nSPS) is 10.9. The lowest BCUT2D eigenvalue weighted by molar-refractivity contribution is 0.341. The highest BCUT2D eigenvalue weighted by Gasteiger charge is 2.07. The minimum Gasteiger partial charge on any atom is -0.494 e. The predicted molar refractivity (Wildman–Crippen MR) is 73.7 cm³/mol. The molecule has 0 aromatic heterocycles. The summed E-state index contributed by atoms with van der Waals surface area (Å²) in [7, 11) is 0. The lowest BCUT2D eigenvalue weighted by atomic mass is 10.2. The van der Waals surface area contributed by atoms with Gasteiger partial charge in [-0.1, -0.05) is 0 Å². The van der Waals surface area contributed by atoms with E-state index in [1.165, 1.54) is 0 Å². The fraction of sp³-hybridized carbons (Fsp3) is 0.143. The van der Waals surface area contributed by atoms with Crippen LogP contribution in [0.3, 0.4) is 0 Å². The Bertz CT molecular complexity index is 735. The Hall–Kier alpha value is -1.94. The Morgan fingerprint density at radius 3 is 2.94 bits per heavy atom. The first-order valence-corrected chi connectivity index (χ1v) is 6.55. The van der Waals surface area contributed by atoms with E-state index in [1.54, 1.807) is 29.5 Å². The molecule has 0 N–H and O–H groups in total. The van der Waals surface area contributed by atoms with Crippen molar-refractivity contribution < 1.29 is 4.74 Å². The molecule has 0 bridgehead atoms. The Morgan fingerprint density at radius 2 is 2.11 bits per heavy atom. The standard InChI is InChI=1S/C14H11NO2S/c1-2-17-10-4-6-12-14(8-10)18-13-7-9(16)3-5-11(13)15-12/h3-8H,2H2,1H3. The van der Waals surface area contributed by atoms with Crippen molar-refractivity contribution in [2.75, 3.05) is 6.61 Å². The van der Waals surface area contributed by atoms with Crippen LogP contribution in [0.4, 0.5) is 0 Å². The van der Waals surface area contributed by atoms with Crippen molar-refractivity contribution in [3.8, 4) is 16.3 Å². The Morgan fingerprint density at radius 1 is 1.22 bits per heavy atom. The van der Waals surface area contributed by atoms with Crippen molar-refractivity contribution in [3.05, 3.63) is 46.6 Å². The lowest BCUT2D eigenvalue weighted by Gasteiger charge is -2.07. The fourth-order valence-corrected chi connectivity index (χ4v) is 2.87. The van der Waals surface area contributed by atoms with Crippen LogP contribution in [0.15, 0.2) is 41.2 Å².